The van der Waals surface area contributed by atoms with E-state index in [1.807, 2.05) is 13.8 Å². The van der Waals surface area contributed by atoms with Crippen molar-refractivity contribution in [3.8, 4) is 0 Å². The molecule has 1 spiro atoms. The summed E-state index contributed by atoms with van der Waals surface area (Å²) in [4.78, 5) is 27.2. The highest BCUT2D eigenvalue weighted by Gasteiger charge is 2.55. The highest BCUT2D eigenvalue weighted by molar-refractivity contribution is 6.02. The predicted molar refractivity (Wildman–Crippen MR) is 74.1 cm³/mol. The lowest BCUT2D eigenvalue weighted by molar-refractivity contribution is -0.162. The Bertz CT molecular complexity index is 421. The van der Waals surface area contributed by atoms with Gasteiger partial charge in [0.2, 0.25) is 11.8 Å². The van der Waals surface area contributed by atoms with Gasteiger partial charge in [0.15, 0.2) is 0 Å². The summed E-state index contributed by atoms with van der Waals surface area (Å²) < 4.78 is 5.66. The van der Waals surface area contributed by atoms with E-state index in [4.69, 9.17) is 4.74 Å². The van der Waals surface area contributed by atoms with Crippen molar-refractivity contribution in [3.63, 3.8) is 0 Å². The molecule has 2 heterocycles. The molecule has 5 heteroatoms. The van der Waals surface area contributed by atoms with Gasteiger partial charge in [0.05, 0.1) is 6.10 Å². The van der Waals surface area contributed by atoms with Crippen LogP contribution in [-0.2, 0) is 14.3 Å². The lowest BCUT2D eigenvalue weighted by Gasteiger charge is -2.49. The van der Waals surface area contributed by atoms with Crippen molar-refractivity contribution in [3.05, 3.63) is 0 Å². The fraction of sp³-hybridized carbons (Fsp3) is 0.867. The van der Waals surface area contributed by atoms with Gasteiger partial charge < -0.3 is 15.0 Å². The Morgan fingerprint density at radius 1 is 1.25 bits per heavy atom. The summed E-state index contributed by atoms with van der Waals surface area (Å²) >= 11 is 0. The molecule has 0 radical (unpaired) electrons. The molecule has 3 rings (SSSR count). The summed E-state index contributed by atoms with van der Waals surface area (Å²) in [6, 6.07) is 0. The number of nitrogens with zero attached hydrogens (tertiary/aromatic N) is 1. The van der Waals surface area contributed by atoms with Crippen LogP contribution in [-0.4, -0.2) is 47.0 Å². The van der Waals surface area contributed by atoms with Crippen molar-refractivity contribution in [1.82, 2.24) is 10.2 Å². The van der Waals surface area contributed by atoms with Crippen LogP contribution < -0.4 is 5.32 Å². The first-order chi connectivity index (χ1) is 9.46. The zero-order valence-corrected chi connectivity index (χ0v) is 12.4. The molecule has 0 bridgehead atoms. The Labute approximate surface area is 120 Å². The van der Waals surface area contributed by atoms with Crippen molar-refractivity contribution < 1.29 is 14.3 Å². The third-order valence-corrected chi connectivity index (χ3v) is 5.11. The minimum Gasteiger partial charge on any atom is -0.376 e. The van der Waals surface area contributed by atoms with Crippen molar-refractivity contribution in [2.24, 2.45) is 0 Å². The largest absolute Gasteiger partial charge is 0.376 e. The summed E-state index contributed by atoms with van der Waals surface area (Å²) in [6.45, 7) is 4.97. The molecule has 1 N–H and O–H groups in total. The Hall–Kier alpha value is -1.10. The smallest absolute Gasteiger partial charge is 0.249 e. The third-order valence-electron chi connectivity index (χ3n) is 5.11. The number of hydrogen-bond acceptors (Lipinski definition) is 3. The molecule has 0 aromatic heterocycles. The van der Waals surface area contributed by atoms with Gasteiger partial charge >= 0.3 is 0 Å². The van der Waals surface area contributed by atoms with Gasteiger partial charge in [-0.2, -0.15) is 0 Å². The van der Waals surface area contributed by atoms with E-state index >= 15 is 0 Å². The zero-order chi connectivity index (χ0) is 14.4. The Kier molecular flexibility index (Phi) is 3.27. The lowest BCUT2D eigenvalue weighted by Crippen LogP contribution is -2.74. The van der Waals surface area contributed by atoms with E-state index in [-0.39, 0.29) is 17.9 Å². The maximum Gasteiger partial charge on any atom is 0.249 e. The van der Waals surface area contributed by atoms with Crippen LogP contribution in [0.1, 0.15) is 52.4 Å². The molecule has 2 amide bonds. The number of hydrogen-bond donors (Lipinski definition) is 1. The predicted octanol–water partition coefficient (Wildman–Crippen LogP) is 1.22. The highest BCUT2D eigenvalue weighted by atomic mass is 16.5. The van der Waals surface area contributed by atoms with E-state index in [1.165, 1.54) is 0 Å². The molecule has 1 aliphatic carbocycles. The number of rotatable bonds is 2. The van der Waals surface area contributed by atoms with E-state index in [0.717, 1.165) is 45.1 Å². The molecular weight excluding hydrogens is 256 g/mol. The van der Waals surface area contributed by atoms with Gasteiger partial charge in [-0.15, -0.1) is 0 Å². The third kappa shape index (κ3) is 2.03. The van der Waals surface area contributed by atoms with Crippen molar-refractivity contribution in [2.75, 3.05) is 13.2 Å². The van der Waals surface area contributed by atoms with Gasteiger partial charge in [-0.05, 0) is 39.5 Å². The molecule has 3 aliphatic rings. The van der Waals surface area contributed by atoms with Crippen LogP contribution in [0, 0.1) is 0 Å². The monoisotopic (exact) mass is 280 g/mol. The van der Waals surface area contributed by atoms with E-state index in [1.54, 1.807) is 4.90 Å². The minimum atomic E-state index is -0.781. The van der Waals surface area contributed by atoms with Crippen molar-refractivity contribution in [2.45, 2.75) is 69.6 Å². The Morgan fingerprint density at radius 3 is 2.55 bits per heavy atom. The summed E-state index contributed by atoms with van der Waals surface area (Å²) in [5.41, 5.74) is -1.41. The molecule has 1 unspecified atom stereocenters. The van der Waals surface area contributed by atoms with Crippen LogP contribution in [0.3, 0.4) is 0 Å². The van der Waals surface area contributed by atoms with Gasteiger partial charge in [-0.3, -0.25) is 9.59 Å². The maximum absolute atomic E-state index is 13.0. The average molecular weight is 280 g/mol. The number of carbonyl (C=O) groups is 2. The molecule has 5 nitrogen and oxygen atoms in total. The molecule has 0 aromatic carbocycles. The van der Waals surface area contributed by atoms with E-state index in [2.05, 4.69) is 5.32 Å². The summed E-state index contributed by atoms with van der Waals surface area (Å²) in [5.74, 6) is 0.0621. The van der Waals surface area contributed by atoms with E-state index < -0.39 is 11.1 Å². The van der Waals surface area contributed by atoms with E-state index in [9.17, 15) is 9.59 Å². The Morgan fingerprint density at radius 2 is 1.95 bits per heavy atom. The first-order valence-corrected chi connectivity index (χ1v) is 7.72. The van der Waals surface area contributed by atoms with Gasteiger partial charge in [0.25, 0.3) is 0 Å². The maximum atomic E-state index is 13.0. The van der Waals surface area contributed by atoms with Crippen LogP contribution in [0.25, 0.3) is 0 Å². The summed E-state index contributed by atoms with van der Waals surface area (Å²) in [5, 5.41) is 3.02. The SMILES string of the molecule is CC1(C)C(=O)NC2(CCCC2)C(=O)N1CC1CCCO1. The number of carbonyl (C=O) groups excluding carboxylic acids is 2. The number of nitrogens with one attached hydrogen (secondary N) is 1. The standard InChI is InChI=1S/C15H24N2O3/c1-14(2)12(18)16-15(7-3-4-8-15)13(19)17(14)10-11-6-5-9-20-11/h11H,3-10H2,1-2H3,(H,16,18). The van der Waals surface area contributed by atoms with Crippen LogP contribution in [0.2, 0.25) is 0 Å². The average Bonchev–Trinajstić information content (AvgIpc) is 3.05. The molecular formula is C15H24N2O3. The molecule has 3 fully saturated rings. The first kappa shape index (κ1) is 13.9. The summed E-state index contributed by atoms with van der Waals surface area (Å²) in [6.07, 6.45) is 5.69. The fourth-order valence-electron chi connectivity index (χ4n) is 3.68. The van der Waals surface area contributed by atoms with Crippen LogP contribution in [0.15, 0.2) is 0 Å². The molecule has 1 saturated carbocycles. The molecule has 2 aliphatic heterocycles. The quantitative estimate of drug-likeness (QED) is 0.827. The summed E-state index contributed by atoms with van der Waals surface area (Å²) in [7, 11) is 0. The van der Waals surface area contributed by atoms with Gasteiger partial charge in [-0.1, -0.05) is 12.8 Å². The number of piperazine rings is 1. The van der Waals surface area contributed by atoms with Crippen LogP contribution in [0.5, 0.6) is 0 Å². The van der Waals surface area contributed by atoms with Crippen LogP contribution >= 0.6 is 0 Å². The second kappa shape index (κ2) is 4.72. The minimum absolute atomic E-state index is 0.0306. The molecule has 20 heavy (non-hydrogen) atoms. The van der Waals surface area contributed by atoms with Crippen LogP contribution in [0.4, 0.5) is 0 Å². The zero-order valence-electron chi connectivity index (χ0n) is 12.4. The van der Waals surface area contributed by atoms with Crippen molar-refractivity contribution in [1.29, 1.82) is 0 Å². The Balaban J connectivity index is 1.86. The first-order valence-electron chi connectivity index (χ1n) is 7.72. The van der Waals surface area contributed by atoms with Gasteiger partial charge in [-0.25, -0.2) is 0 Å². The molecule has 2 saturated heterocycles. The van der Waals surface area contributed by atoms with Crippen molar-refractivity contribution >= 4 is 11.8 Å². The van der Waals surface area contributed by atoms with Gasteiger partial charge in [0, 0.05) is 13.2 Å². The molecule has 112 valence electrons. The second-order valence-electron chi connectivity index (χ2n) is 6.85. The normalized spacial score (nSPS) is 31.9. The lowest BCUT2D eigenvalue weighted by atomic mass is 9.85. The topological polar surface area (TPSA) is 58.6 Å². The molecule has 1 atom stereocenters. The molecule has 0 aromatic rings. The fourth-order valence-corrected chi connectivity index (χ4v) is 3.68. The van der Waals surface area contributed by atoms with E-state index in [0.29, 0.717) is 6.54 Å². The second-order valence-corrected chi connectivity index (χ2v) is 6.85. The number of amides is 2. The highest BCUT2D eigenvalue weighted by Crippen LogP contribution is 2.37. The number of ether oxygens (including phenoxy) is 1. The van der Waals surface area contributed by atoms with Gasteiger partial charge in [0.1, 0.15) is 11.1 Å².